The van der Waals surface area contributed by atoms with Crippen molar-refractivity contribution in [1.82, 2.24) is 24.5 Å². The largest absolute Gasteiger partial charge is 0.387 e. The number of hydrogen-bond acceptors (Lipinski definition) is 7. The number of aromatic nitrogens is 4. The normalized spacial score (nSPS) is 24.1. The van der Waals surface area contributed by atoms with Gasteiger partial charge >= 0.3 is 0 Å². The number of amides is 1. The van der Waals surface area contributed by atoms with E-state index in [1.54, 1.807) is 10.7 Å². The van der Waals surface area contributed by atoms with E-state index in [1.165, 1.54) is 19.8 Å². The Morgan fingerprint density at radius 1 is 1.09 bits per heavy atom. The minimum atomic E-state index is -0.472. The summed E-state index contributed by atoms with van der Waals surface area (Å²) in [6.07, 6.45) is 9.19. The fraction of sp³-hybridized carbons (Fsp3) is 0.480. The maximum Gasteiger partial charge on any atom is 0.248 e. The van der Waals surface area contributed by atoms with Crippen LogP contribution in [0.25, 0.3) is 16.8 Å². The van der Waals surface area contributed by atoms with Gasteiger partial charge in [-0.1, -0.05) is 6.07 Å². The molecule has 3 aromatic heterocycles. The lowest BCUT2D eigenvalue weighted by Gasteiger charge is -2.39. The summed E-state index contributed by atoms with van der Waals surface area (Å²) in [6.45, 7) is 1.03. The van der Waals surface area contributed by atoms with Gasteiger partial charge in [0.05, 0.1) is 17.5 Å². The van der Waals surface area contributed by atoms with Crippen LogP contribution in [0.4, 0.5) is 5.82 Å². The number of carbonyl (C=O) groups excluding carboxylic acids is 2. The smallest absolute Gasteiger partial charge is 0.248 e. The second-order valence-electron chi connectivity index (χ2n) is 9.87. The molecule has 2 bridgehead atoms. The predicted molar refractivity (Wildman–Crippen MR) is 125 cm³/mol. The van der Waals surface area contributed by atoms with Crippen LogP contribution >= 0.6 is 0 Å². The Kier molecular flexibility index (Phi) is 4.91. The number of fused-ring (bicyclic) bond motifs is 3. The number of nitrogens with two attached hydrogens (primary N) is 1. The standard InChI is InChI=1S/C25H28N6O3/c1-13(33)22-23(16-8-17-5-6-18(9-16)30(17)21(34)12-32)29-25-19(11-28-31(25)24(22)26)15-4-7-20(27-10-15)14-2-3-14/h4,7,10-11,14,16-18,32H,2-3,5-6,8-9,12,26H2,1H3/t16-,17-,18+. The molecule has 3 aliphatic rings. The summed E-state index contributed by atoms with van der Waals surface area (Å²) in [5, 5.41) is 13.8. The Bertz CT molecular complexity index is 1280. The number of aliphatic hydroxyl groups excluding tert-OH is 1. The third-order valence-electron chi connectivity index (χ3n) is 7.70. The van der Waals surface area contributed by atoms with Crippen molar-refractivity contribution in [3.05, 3.63) is 41.5 Å². The summed E-state index contributed by atoms with van der Waals surface area (Å²) in [7, 11) is 0. The highest BCUT2D eigenvalue weighted by Crippen LogP contribution is 2.44. The molecule has 2 aliphatic heterocycles. The number of piperidine rings is 1. The molecule has 9 heteroatoms. The Hall–Kier alpha value is -3.33. The Balaban J connectivity index is 1.42. The van der Waals surface area contributed by atoms with Crippen molar-refractivity contribution in [1.29, 1.82) is 0 Å². The van der Waals surface area contributed by atoms with Crippen molar-refractivity contribution in [3.8, 4) is 11.1 Å². The van der Waals surface area contributed by atoms with Gasteiger partial charge in [0.25, 0.3) is 0 Å². The number of carbonyl (C=O) groups is 2. The van der Waals surface area contributed by atoms with Crippen LogP contribution in [-0.2, 0) is 4.79 Å². The quantitative estimate of drug-likeness (QED) is 0.561. The number of anilines is 1. The van der Waals surface area contributed by atoms with E-state index >= 15 is 0 Å². The van der Waals surface area contributed by atoms with Gasteiger partial charge in [0.2, 0.25) is 5.91 Å². The Morgan fingerprint density at radius 2 is 1.82 bits per heavy atom. The van der Waals surface area contributed by atoms with Gasteiger partial charge in [-0.25, -0.2) is 4.98 Å². The van der Waals surface area contributed by atoms with Gasteiger partial charge in [-0.15, -0.1) is 0 Å². The highest BCUT2D eigenvalue weighted by Gasteiger charge is 2.44. The number of ketones is 1. The van der Waals surface area contributed by atoms with Crippen molar-refractivity contribution in [3.63, 3.8) is 0 Å². The van der Waals surface area contributed by atoms with E-state index in [1.807, 2.05) is 17.2 Å². The molecule has 2 saturated heterocycles. The molecule has 1 aliphatic carbocycles. The fourth-order valence-corrected chi connectivity index (χ4v) is 5.97. The van der Waals surface area contributed by atoms with Crippen molar-refractivity contribution in [2.24, 2.45) is 0 Å². The topological polar surface area (TPSA) is 127 Å². The second kappa shape index (κ2) is 7.87. The molecule has 1 amide bonds. The molecule has 1 saturated carbocycles. The number of Topliss-reactive ketones (excluding diaryl/α,β-unsaturated/α-hetero) is 1. The molecule has 0 radical (unpaired) electrons. The van der Waals surface area contributed by atoms with Crippen LogP contribution < -0.4 is 5.73 Å². The van der Waals surface area contributed by atoms with E-state index in [-0.39, 0.29) is 29.7 Å². The number of nitrogens with zero attached hydrogens (tertiary/aromatic N) is 5. The first kappa shape index (κ1) is 21.2. The average Bonchev–Trinajstić information content (AvgIpc) is 3.54. The molecule has 176 valence electrons. The minimum absolute atomic E-state index is 0.00422. The van der Waals surface area contributed by atoms with Gasteiger partial charge in [-0.05, 0) is 51.5 Å². The fourth-order valence-electron chi connectivity index (χ4n) is 5.97. The molecule has 0 unspecified atom stereocenters. The van der Waals surface area contributed by atoms with Gasteiger partial charge in [0.15, 0.2) is 11.4 Å². The first-order valence-corrected chi connectivity index (χ1v) is 12.0. The summed E-state index contributed by atoms with van der Waals surface area (Å²) >= 11 is 0. The summed E-state index contributed by atoms with van der Waals surface area (Å²) in [5.74, 6) is 0.513. The lowest BCUT2D eigenvalue weighted by Crippen LogP contribution is -2.47. The second-order valence-corrected chi connectivity index (χ2v) is 9.87. The molecule has 6 rings (SSSR count). The maximum absolute atomic E-state index is 12.7. The third kappa shape index (κ3) is 3.29. The molecule has 3 aromatic rings. The average molecular weight is 461 g/mol. The van der Waals surface area contributed by atoms with Crippen LogP contribution in [-0.4, -0.2) is 60.0 Å². The van der Waals surface area contributed by atoms with Crippen molar-refractivity contribution >= 4 is 23.2 Å². The molecular weight excluding hydrogens is 432 g/mol. The monoisotopic (exact) mass is 460 g/mol. The van der Waals surface area contributed by atoms with Crippen molar-refractivity contribution in [2.75, 3.05) is 12.3 Å². The molecule has 9 nitrogen and oxygen atoms in total. The van der Waals surface area contributed by atoms with E-state index in [4.69, 9.17) is 10.7 Å². The van der Waals surface area contributed by atoms with Crippen LogP contribution in [0.3, 0.4) is 0 Å². The predicted octanol–water partition coefficient (Wildman–Crippen LogP) is 2.68. The number of rotatable bonds is 5. The summed E-state index contributed by atoms with van der Waals surface area (Å²) in [5.41, 5.74) is 11.1. The number of hydrogen-bond donors (Lipinski definition) is 2. The zero-order chi connectivity index (χ0) is 23.6. The van der Waals surface area contributed by atoms with Crippen molar-refractivity contribution in [2.45, 2.75) is 69.4 Å². The van der Waals surface area contributed by atoms with Gasteiger partial charge in [-0.2, -0.15) is 9.61 Å². The molecule has 0 spiro atoms. The van der Waals surface area contributed by atoms with E-state index in [0.717, 1.165) is 29.7 Å². The molecule has 0 aromatic carbocycles. The van der Waals surface area contributed by atoms with Gasteiger partial charge in [-0.3, -0.25) is 14.6 Å². The van der Waals surface area contributed by atoms with Gasteiger partial charge < -0.3 is 15.7 Å². The zero-order valence-electron chi connectivity index (χ0n) is 19.1. The van der Waals surface area contributed by atoms with E-state index < -0.39 is 6.61 Å². The third-order valence-corrected chi connectivity index (χ3v) is 7.70. The van der Waals surface area contributed by atoms with Crippen LogP contribution in [0.2, 0.25) is 0 Å². The number of nitrogen functional groups attached to an aromatic ring is 1. The van der Waals surface area contributed by atoms with E-state index in [9.17, 15) is 14.7 Å². The highest BCUT2D eigenvalue weighted by molar-refractivity contribution is 6.00. The number of aliphatic hydroxyl groups is 1. The Labute approximate surface area is 197 Å². The van der Waals surface area contributed by atoms with E-state index in [2.05, 4.69) is 16.1 Å². The SMILES string of the molecule is CC(=O)c1c([C@@H]2C[C@H]3CC[C@@H](C2)N3C(=O)CO)nc2c(-c3ccc(C4CC4)nc3)cnn2c1N. The zero-order valence-corrected chi connectivity index (χ0v) is 19.1. The molecule has 3 N–H and O–H groups in total. The van der Waals surface area contributed by atoms with E-state index in [0.29, 0.717) is 41.5 Å². The molecule has 5 heterocycles. The Morgan fingerprint density at radius 3 is 2.41 bits per heavy atom. The van der Waals surface area contributed by atoms with Crippen LogP contribution in [0.1, 0.15) is 79.0 Å². The molecule has 34 heavy (non-hydrogen) atoms. The maximum atomic E-state index is 12.7. The first-order valence-electron chi connectivity index (χ1n) is 12.0. The van der Waals surface area contributed by atoms with Crippen LogP contribution in [0.15, 0.2) is 24.5 Å². The van der Waals surface area contributed by atoms with Gasteiger partial charge in [0.1, 0.15) is 12.4 Å². The summed E-state index contributed by atoms with van der Waals surface area (Å²) < 4.78 is 1.55. The molecule has 3 atom stereocenters. The van der Waals surface area contributed by atoms with Crippen LogP contribution in [0.5, 0.6) is 0 Å². The van der Waals surface area contributed by atoms with Gasteiger partial charge in [0, 0.05) is 46.9 Å². The lowest BCUT2D eigenvalue weighted by molar-refractivity contribution is -0.138. The lowest BCUT2D eigenvalue weighted by atomic mass is 9.85. The van der Waals surface area contributed by atoms with Crippen LogP contribution in [0, 0.1) is 0 Å². The molecular formula is C25H28N6O3. The number of pyridine rings is 1. The molecule has 3 fully saturated rings. The first-order chi connectivity index (χ1) is 16.5. The summed E-state index contributed by atoms with van der Waals surface area (Å²) in [6, 6.07) is 4.21. The summed E-state index contributed by atoms with van der Waals surface area (Å²) in [4.78, 5) is 36.4. The highest BCUT2D eigenvalue weighted by atomic mass is 16.3. The minimum Gasteiger partial charge on any atom is -0.387 e. The van der Waals surface area contributed by atoms with Crippen molar-refractivity contribution < 1.29 is 14.7 Å².